The SMILES string of the molecule is O=C(NC1=N[C@@]2(c3cc(-c4cncc(F)c4)c(F)cc3F)COC[C@H]2CS1)c1ccccc1. The van der Waals surface area contributed by atoms with Gasteiger partial charge < -0.3 is 10.1 Å². The van der Waals surface area contributed by atoms with Crippen molar-refractivity contribution < 1.29 is 22.7 Å². The van der Waals surface area contributed by atoms with Crippen molar-refractivity contribution >= 4 is 22.8 Å². The summed E-state index contributed by atoms with van der Waals surface area (Å²) in [4.78, 5) is 21.1. The van der Waals surface area contributed by atoms with Crippen molar-refractivity contribution in [3.63, 3.8) is 0 Å². The number of aliphatic imine (C=N–C) groups is 1. The topological polar surface area (TPSA) is 63.6 Å². The van der Waals surface area contributed by atoms with Crippen LogP contribution in [0, 0.1) is 23.4 Å². The lowest BCUT2D eigenvalue weighted by atomic mass is 9.80. The Morgan fingerprint density at radius 1 is 1.09 bits per heavy atom. The molecular formula is C24H18F3N3O2S. The monoisotopic (exact) mass is 469 g/mol. The first-order chi connectivity index (χ1) is 16.0. The molecule has 2 aliphatic rings. The molecular weight excluding hydrogens is 451 g/mol. The molecule has 5 rings (SSSR count). The second-order valence-corrected chi connectivity index (χ2v) is 8.90. The molecule has 0 aliphatic carbocycles. The van der Waals surface area contributed by atoms with Gasteiger partial charge in [-0.3, -0.25) is 9.78 Å². The number of aromatic nitrogens is 1. The fourth-order valence-electron chi connectivity index (χ4n) is 4.16. The highest BCUT2D eigenvalue weighted by atomic mass is 32.2. The van der Waals surface area contributed by atoms with Crippen LogP contribution < -0.4 is 5.32 Å². The Kier molecular flexibility index (Phi) is 5.67. The highest BCUT2D eigenvalue weighted by Gasteiger charge is 2.50. The van der Waals surface area contributed by atoms with Gasteiger partial charge in [0.1, 0.15) is 23.0 Å². The minimum Gasteiger partial charge on any atom is -0.378 e. The highest BCUT2D eigenvalue weighted by Crippen LogP contribution is 2.46. The average Bonchev–Trinajstić information content (AvgIpc) is 3.23. The van der Waals surface area contributed by atoms with Gasteiger partial charge in [-0.05, 0) is 24.3 Å². The molecule has 5 nitrogen and oxygen atoms in total. The molecule has 33 heavy (non-hydrogen) atoms. The lowest BCUT2D eigenvalue weighted by molar-refractivity contribution is 0.0977. The molecule has 168 valence electrons. The summed E-state index contributed by atoms with van der Waals surface area (Å²) in [5.41, 5.74) is -0.335. The van der Waals surface area contributed by atoms with Crippen molar-refractivity contribution in [2.75, 3.05) is 19.0 Å². The number of carbonyl (C=O) groups is 1. The number of thioether (sulfide) groups is 1. The van der Waals surface area contributed by atoms with E-state index in [0.29, 0.717) is 23.1 Å². The van der Waals surface area contributed by atoms with Gasteiger partial charge in [0.05, 0.1) is 19.4 Å². The van der Waals surface area contributed by atoms with Crippen LogP contribution in [0.15, 0.2) is 65.9 Å². The van der Waals surface area contributed by atoms with Gasteiger partial charge >= 0.3 is 0 Å². The first kappa shape index (κ1) is 21.7. The van der Waals surface area contributed by atoms with Crippen LogP contribution in [-0.4, -0.2) is 35.0 Å². The maximum Gasteiger partial charge on any atom is 0.257 e. The Balaban J connectivity index is 1.57. The van der Waals surface area contributed by atoms with Crippen LogP contribution in [-0.2, 0) is 10.3 Å². The van der Waals surface area contributed by atoms with Crippen molar-refractivity contribution in [2.45, 2.75) is 5.54 Å². The van der Waals surface area contributed by atoms with Crippen molar-refractivity contribution in [1.29, 1.82) is 0 Å². The van der Waals surface area contributed by atoms with E-state index in [2.05, 4.69) is 10.3 Å². The molecule has 2 aliphatic heterocycles. The lowest BCUT2D eigenvalue weighted by Gasteiger charge is -2.35. The maximum atomic E-state index is 15.1. The fraction of sp³-hybridized carbons (Fsp3) is 0.208. The van der Waals surface area contributed by atoms with Gasteiger partial charge in [-0.15, -0.1) is 0 Å². The van der Waals surface area contributed by atoms with Crippen molar-refractivity contribution in [3.05, 3.63) is 89.5 Å². The van der Waals surface area contributed by atoms with E-state index >= 15 is 4.39 Å². The van der Waals surface area contributed by atoms with Crippen LogP contribution in [0.25, 0.3) is 11.1 Å². The average molecular weight is 469 g/mol. The van der Waals surface area contributed by atoms with E-state index in [9.17, 15) is 13.6 Å². The third kappa shape index (κ3) is 4.02. The first-order valence-electron chi connectivity index (χ1n) is 10.2. The van der Waals surface area contributed by atoms with E-state index in [1.807, 2.05) is 6.07 Å². The molecule has 1 amide bonds. The Labute approximate surface area is 192 Å². The van der Waals surface area contributed by atoms with E-state index in [4.69, 9.17) is 9.73 Å². The van der Waals surface area contributed by atoms with E-state index in [0.717, 1.165) is 18.3 Å². The summed E-state index contributed by atoms with van der Waals surface area (Å²) in [5, 5.41) is 3.13. The number of pyridine rings is 1. The number of ether oxygens (including phenoxy) is 1. The van der Waals surface area contributed by atoms with E-state index in [-0.39, 0.29) is 35.1 Å². The van der Waals surface area contributed by atoms with Crippen LogP contribution >= 0.6 is 11.8 Å². The van der Waals surface area contributed by atoms with Crippen LogP contribution in [0.3, 0.4) is 0 Å². The predicted molar refractivity (Wildman–Crippen MR) is 119 cm³/mol. The fourth-order valence-corrected chi connectivity index (χ4v) is 5.28. The van der Waals surface area contributed by atoms with Gasteiger partial charge in [0.15, 0.2) is 5.17 Å². The van der Waals surface area contributed by atoms with Crippen LogP contribution in [0.5, 0.6) is 0 Å². The summed E-state index contributed by atoms with van der Waals surface area (Å²) in [7, 11) is 0. The molecule has 0 radical (unpaired) electrons. The molecule has 3 aromatic rings. The smallest absolute Gasteiger partial charge is 0.257 e. The quantitative estimate of drug-likeness (QED) is 0.612. The third-order valence-electron chi connectivity index (χ3n) is 5.83. The van der Waals surface area contributed by atoms with Crippen molar-refractivity contribution in [2.24, 2.45) is 10.9 Å². The second-order valence-electron chi connectivity index (χ2n) is 7.89. The summed E-state index contributed by atoms with van der Waals surface area (Å²) in [6, 6.07) is 11.9. The molecule has 0 saturated carbocycles. The number of hydrogen-bond acceptors (Lipinski definition) is 5. The van der Waals surface area contributed by atoms with E-state index in [1.165, 1.54) is 24.0 Å². The Bertz CT molecular complexity index is 1250. The normalized spacial score (nSPS) is 21.9. The summed E-state index contributed by atoms with van der Waals surface area (Å²) >= 11 is 1.35. The summed E-state index contributed by atoms with van der Waals surface area (Å²) in [6.45, 7) is 0.427. The Morgan fingerprint density at radius 2 is 1.91 bits per heavy atom. The molecule has 1 fully saturated rings. The zero-order chi connectivity index (χ0) is 23.0. The molecule has 9 heteroatoms. The van der Waals surface area contributed by atoms with Gasteiger partial charge in [-0.2, -0.15) is 0 Å². The number of rotatable bonds is 3. The van der Waals surface area contributed by atoms with Gasteiger partial charge in [-0.1, -0.05) is 30.0 Å². The molecule has 1 aromatic heterocycles. The molecule has 2 aromatic carbocycles. The Hall–Kier alpha value is -3.17. The van der Waals surface area contributed by atoms with Gasteiger partial charge in [0.25, 0.3) is 5.91 Å². The third-order valence-corrected chi connectivity index (χ3v) is 6.87. The number of fused-ring (bicyclic) bond motifs is 1. The largest absolute Gasteiger partial charge is 0.378 e. The van der Waals surface area contributed by atoms with Gasteiger partial charge in [0.2, 0.25) is 0 Å². The molecule has 0 unspecified atom stereocenters. The van der Waals surface area contributed by atoms with Crippen molar-refractivity contribution in [1.82, 2.24) is 10.3 Å². The van der Waals surface area contributed by atoms with Crippen LogP contribution in [0.2, 0.25) is 0 Å². The molecule has 1 N–H and O–H groups in total. The number of halogens is 3. The van der Waals surface area contributed by atoms with Crippen LogP contribution in [0.1, 0.15) is 15.9 Å². The number of amides is 1. The molecule has 0 spiro atoms. The number of amidine groups is 1. The molecule has 0 bridgehead atoms. The second kappa shape index (κ2) is 8.64. The first-order valence-corrected chi connectivity index (χ1v) is 11.2. The summed E-state index contributed by atoms with van der Waals surface area (Å²) < 4.78 is 49.2. The number of carbonyl (C=O) groups excluding carboxylic acids is 1. The minimum absolute atomic E-state index is 0.0155. The van der Waals surface area contributed by atoms with Gasteiger partial charge in [0, 0.05) is 46.2 Å². The minimum atomic E-state index is -1.14. The van der Waals surface area contributed by atoms with E-state index < -0.39 is 23.0 Å². The number of nitrogens with zero attached hydrogens (tertiary/aromatic N) is 2. The highest BCUT2D eigenvalue weighted by molar-refractivity contribution is 8.13. The predicted octanol–water partition coefficient (Wildman–Crippen LogP) is 4.54. The molecule has 3 heterocycles. The zero-order valence-corrected chi connectivity index (χ0v) is 18.0. The summed E-state index contributed by atoms with van der Waals surface area (Å²) in [5.74, 6) is -2.22. The zero-order valence-electron chi connectivity index (χ0n) is 17.2. The number of nitrogens with one attached hydrogen (secondary N) is 1. The molecule has 1 saturated heterocycles. The van der Waals surface area contributed by atoms with Crippen molar-refractivity contribution in [3.8, 4) is 11.1 Å². The summed E-state index contributed by atoms with van der Waals surface area (Å²) in [6.07, 6.45) is 2.32. The van der Waals surface area contributed by atoms with Crippen LogP contribution in [0.4, 0.5) is 13.2 Å². The van der Waals surface area contributed by atoms with E-state index in [1.54, 1.807) is 24.3 Å². The number of hydrogen-bond donors (Lipinski definition) is 1. The standard InChI is InChI=1S/C24H18F3N3O2S/c25-17-6-15(9-28-10-17)18-7-19(21(27)8-20(18)26)24-13-32-11-16(24)12-33-23(30-24)29-22(31)14-4-2-1-3-5-14/h1-10,16H,11-13H2,(H,29,30,31)/t16-,24-/m0/s1. The van der Waals surface area contributed by atoms with Gasteiger partial charge in [-0.25, -0.2) is 18.2 Å². The Morgan fingerprint density at radius 3 is 2.70 bits per heavy atom. The lowest BCUT2D eigenvalue weighted by Crippen LogP contribution is -2.42. The maximum absolute atomic E-state index is 15.1. The molecule has 2 atom stereocenters. The number of benzene rings is 2.